The number of aliphatic hydroxyl groups excluding tert-OH is 2. The summed E-state index contributed by atoms with van der Waals surface area (Å²) >= 11 is 0. The van der Waals surface area contributed by atoms with Gasteiger partial charge in [0.15, 0.2) is 12.6 Å². The highest BCUT2D eigenvalue weighted by atomic mass is 16.7. The Kier molecular flexibility index (Phi) is 12.0. The highest BCUT2D eigenvalue weighted by Gasteiger charge is 2.61. The van der Waals surface area contributed by atoms with E-state index in [9.17, 15) is 15.0 Å². The lowest BCUT2D eigenvalue weighted by Gasteiger charge is -2.49. The molecule has 3 N–H and O–H groups in total. The summed E-state index contributed by atoms with van der Waals surface area (Å²) in [7, 11) is 4.00. The SMILES string of the molecule is CCC1OC(=O)C(C)C2OC3CC(C[C@@H]4C[C@H](N(C)C)C(O)C(OC(C(C)CC(C)CN[C@H](C)C(O)C1C)[C@H]2C)O4)[C@]1(CO1)C(C)O3. The van der Waals surface area contributed by atoms with E-state index in [2.05, 4.69) is 37.9 Å². The van der Waals surface area contributed by atoms with E-state index in [0.29, 0.717) is 25.9 Å². The summed E-state index contributed by atoms with van der Waals surface area (Å²) in [6.07, 6.45) is -1.21. The predicted octanol–water partition coefficient (Wildman–Crippen LogP) is 3.33. The number of aliphatic hydroxyl groups is 2. The molecule has 272 valence electrons. The topological polar surface area (TPSA) is 131 Å². The Hall–Kier alpha value is -0.890. The summed E-state index contributed by atoms with van der Waals surface area (Å²) in [6, 6.07) is -0.312. The summed E-state index contributed by atoms with van der Waals surface area (Å²) in [6.45, 7) is 17.7. The van der Waals surface area contributed by atoms with Gasteiger partial charge in [0.25, 0.3) is 0 Å². The van der Waals surface area contributed by atoms with E-state index >= 15 is 0 Å². The number of epoxide rings is 1. The first-order valence-electron chi connectivity index (χ1n) is 18.4. The molecule has 6 bridgehead atoms. The number of ether oxygens (including phenoxy) is 6. The van der Waals surface area contributed by atoms with Gasteiger partial charge in [-0.15, -0.1) is 0 Å². The average molecular weight is 669 g/mol. The Morgan fingerprint density at radius 1 is 0.872 bits per heavy atom. The molecule has 47 heavy (non-hydrogen) atoms. The molecule has 0 aliphatic carbocycles. The molecule has 11 nitrogen and oxygen atoms in total. The van der Waals surface area contributed by atoms with Gasteiger partial charge in [0.2, 0.25) is 0 Å². The van der Waals surface area contributed by atoms with Crippen molar-refractivity contribution in [3.05, 3.63) is 0 Å². The number of nitrogens with zero attached hydrogens (tertiary/aromatic N) is 1. The van der Waals surface area contributed by atoms with Crippen molar-refractivity contribution < 1.29 is 43.4 Å². The van der Waals surface area contributed by atoms with E-state index in [1.165, 1.54) is 0 Å². The molecule has 5 aliphatic rings. The normalized spacial score (nSPS) is 52.0. The fourth-order valence-corrected chi connectivity index (χ4v) is 9.09. The van der Waals surface area contributed by atoms with Crippen molar-refractivity contribution >= 4 is 5.97 Å². The van der Waals surface area contributed by atoms with E-state index in [4.69, 9.17) is 28.4 Å². The maximum atomic E-state index is 14.0. The van der Waals surface area contributed by atoms with Crippen LogP contribution in [0.4, 0.5) is 0 Å². The minimum atomic E-state index is -0.845. The lowest BCUT2D eigenvalue weighted by molar-refractivity contribution is -0.309. The van der Waals surface area contributed by atoms with Crippen LogP contribution in [0, 0.1) is 35.5 Å². The fraction of sp³-hybridized carbons (Fsp3) is 0.972. The van der Waals surface area contributed by atoms with Crippen LogP contribution in [-0.2, 0) is 33.2 Å². The molecule has 0 aromatic rings. The van der Waals surface area contributed by atoms with Crippen molar-refractivity contribution in [3.63, 3.8) is 0 Å². The maximum absolute atomic E-state index is 14.0. The van der Waals surface area contributed by atoms with Crippen LogP contribution in [0.15, 0.2) is 0 Å². The molecular formula is C36H64N2O9. The minimum Gasteiger partial charge on any atom is -0.462 e. The lowest BCUT2D eigenvalue weighted by Crippen LogP contribution is -2.59. The Balaban J connectivity index is 1.55. The molecule has 13 unspecified atom stereocenters. The standard InChI is InChI=1S/C36H64N2O9/c1-11-28-20(4)30(39)23(7)37-16-18(2)12-19(3)32-21(5)33(22(6)34(41)45-28)46-29-14-25(36(17-42-36)24(8)43-29)13-26-15-27(38(9)10)31(40)35(44-26)47-32/h18-33,35,37,39-40H,11-17H2,1-10H3/t18?,19?,20?,21-,22?,23-,24?,25?,26-,27+,28?,29?,30?,31?,32?,33?,35?,36+/m1/s1. The third-order valence-electron chi connectivity index (χ3n) is 12.3. The number of hydrogen-bond acceptors (Lipinski definition) is 11. The molecule has 5 aliphatic heterocycles. The predicted molar refractivity (Wildman–Crippen MR) is 176 cm³/mol. The number of likely N-dealkylation sites (N-methyl/N-ethyl adjacent to an activating group) is 1. The van der Waals surface area contributed by atoms with Crippen LogP contribution in [0.25, 0.3) is 0 Å². The number of fused-ring (bicyclic) bond motifs is 7. The van der Waals surface area contributed by atoms with E-state index in [1.54, 1.807) is 0 Å². The van der Waals surface area contributed by atoms with Gasteiger partial charge in [-0.2, -0.15) is 0 Å². The van der Waals surface area contributed by atoms with Crippen molar-refractivity contribution in [3.8, 4) is 0 Å². The van der Waals surface area contributed by atoms with Crippen LogP contribution in [0.1, 0.15) is 87.5 Å². The van der Waals surface area contributed by atoms with Crippen molar-refractivity contribution in [2.45, 2.75) is 160 Å². The van der Waals surface area contributed by atoms with E-state index in [0.717, 1.165) is 19.4 Å². The van der Waals surface area contributed by atoms with Crippen molar-refractivity contribution in [2.24, 2.45) is 35.5 Å². The van der Waals surface area contributed by atoms with Gasteiger partial charge >= 0.3 is 5.97 Å². The van der Waals surface area contributed by atoms with Crippen LogP contribution in [-0.4, -0.2) is 121 Å². The van der Waals surface area contributed by atoms with Gasteiger partial charge in [-0.05, 0) is 78.9 Å². The molecule has 5 heterocycles. The minimum absolute atomic E-state index is 0.0304. The van der Waals surface area contributed by atoms with Gasteiger partial charge in [0, 0.05) is 36.3 Å². The first kappa shape index (κ1) is 37.4. The molecular weight excluding hydrogens is 604 g/mol. The third-order valence-corrected chi connectivity index (χ3v) is 12.3. The number of carbonyl (C=O) groups excluding carboxylic acids is 1. The molecule has 5 fully saturated rings. The molecule has 18 atom stereocenters. The van der Waals surface area contributed by atoms with Crippen LogP contribution in [0.2, 0.25) is 0 Å². The van der Waals surface area contributed by atoms with Gasteiger partial charge in [0.05, 0.1) is 43.0 Å². The third kappa shape index (κ3) is 7.89. The van der Waals surface area contributed by atoms with Crippen LogP contribution in [0.5, 0.6) is 0 Å². The van der Waals surface area contributed by atoms with Crippen LogP contribution < -0.4 is 5.32 Å². The van der Waals surface area contributed by atoms with Crippen molar-refractivity contribution in [1.29, 1.82) is 0 Å². The lowest BCUT2D eigenvalue weighted by atomic mass is 9.77. The number of nitrogens with one attached hydrogen (secondary N) is 1. The Labute approximate surface area is 282 Å². The zero-order chi connectivity index (χ0) is 34.4. The average Bonchev–Trinajstić information content (AvgIpc) is 3.83. The number of rotatable bonds is 2. The van der Waals surface area contributed by atoms with E-state index in [-0.39, 0.29) is 65.5 Å². The first-order valence-corrected chi connectivity index (χ1v) is 18.4. The van der Waals surface area contributed by atoms with Gasteiger partial charge in [-0.3, -0.25) is 4.79 Å². The first-order chi connectivity index (χ1) is 22.2. The molecule has 0 saturated carbocycles. The second-order valence-corrected chi connectivity index (χ2v) is 16.1. The van der Waals surface area contributed by atoms with E-state index < -0.39 is 49.0 Å². The molecule has 1 spiro atoms. The smallest absolute Gasteiger partial charge is 0.311 e. The molecule has 11 heteroatoms. The second kappa shape index (κ2) is 15.2. The number of esters is 1. The Bertz CT molecular complexity index is 1040. The Morgan fingerprint density at radius 2 is 1.57 bits per heavy atom. The monoisotopic (exact) mass is 668 g/mol. The molecule has 0 aromatic heterocycles. The van der Waals surface area contributed by atoms with Gasteiger partial charge in [-0.25, -0.2) is 0 Å². The summed E-state index contributed by atoms with van der Waals surface area (Å²) in [4.78, 5) is 16.1. The maximum Gasteiger partial charge on any atom is 0.311 e. The molecule has 5 rings (SSSR count). The van der Waals surface area contributed by atoms with Crippen molar-refractivity contribution in [1.82, 2.24) is 10.2 Å². The summed E-state index contributed by atoms with van der Waals surface area (Å²) < 4.78 is 39.4. The van der Waals surface area contributed by atoms with E-state index in [1.807, 2.05) is 41.8 Å². The largest absolute Gasteiger partial charge is 0.462 e. The highest BCUT2D eigenvalue weighted by molar-refractivity contribution is 5.73. The van der Waals surface area contributed by atoms with Gasteiger partial charge in [0.1, 0.15) is 17.8 Å². The summed E-state index contributed by atoms with van der Waals surface area (Å²) in [5, 5.41) is 26.5. The second-order valence-electron chi connectivity index (χ2n) is 16.1. The molecule has 0 amide bonds. The van der Waals surface area contributed by atoms with Crippen LogP contribution in [0.3, 0.4) is 0 Å². The number of cyclic esters (lactones) is 1. The summed E-state index contributed by atoms with van der Waals surface area (Å²) in [5.74, 6) is -1.12. The van der Waals surface area contributed by atoms with Crippen LogP contribution >= 0.6 is 0 Å². The van der Waals surface area contributed by atoms with Gasteiger partial charge in [-0.1, -0.05) is 34.6 Å². The fourth-order valence-electron chi connectivity index (χ4n) is 9.09. The molecule has 0 aromatic carbocycles. The Morgan fingerprint density at radius 3 is 2.21 bits per heavy atom. The number of hydrogen-bond donors (Lipinski definition) is 3. The zero-order valence-electron chi connectivity index (χ0n) is 30.5. The molecule has 0 radical (unpaired) electrons. The van der Waals surface area contributed by atoms with Crippen molar-refractivity contribution in [2.75, 3.05) is 27.2 Å². The zero-order valence-corrected chi connectivity index (χ0v) is 30.5. The summed E-state index contributed by atoms with van der Waals surface area (Å²) in [5.41, 5.74) is -0.380. The highest BCUT2D eigenvalue weighted by Crippen LogP contribution is 2.50. The molecule has 5 saturated heterocycles. The van der Waals surface area contributed by atoms with Gasteiger partial charge < -0.3 is 48.9 Å². The number of carbonyl (C=O) groups is 1. The quantitative estimate of drug-likeness (QED) is 0.296.